The Morgan fingerprint density at radius 1 is 1.22 bits per heavy atom. The molecule has 0 aliphatic rings. The molecule has 0 aliphatic carbocycles. The van der Waals surface area contributed by atoms with Gasteiger partial charge in [0.25, 0.3) is 0 Å². The third-order valence-electron chi connectivity index (χ3n) is 4.21. The molecular formula is C19H28F4N2O2. The van der Waals surface area contributed by atoms with Crippen LogP contribution in [0.1, 0.15) is 51.5 Å². The number of ether oxygens (including phenoxy) is 1. The van der Waals surface area contributed by atoms with Crippen molar-refractivity contribution in [2.75, 3.05) is 25.1 Å². The van der Waals surface area contributed by atoms with Gasteiger partial charge in [-0.05, 0) is 30.9 Å². The summed E-state index contributed by atoms with van der Waals surface area (Å²) in [4.78, 5) is 11.8. The normalized spacial score (nSPS) is 12.7. The first-order chi connectivity index (χ1) is 12.8. The summed E-state index contributed by atoms with van der Waals surface area (Å²) >= 11 is 0. The zero-order chi connectivity index (χ0) is 20.3. The van der Waals surface area contributed by atoms with Crippen molar-refractivity contribution >= 4 is 11.7 Å². The smallest absolute Gasteiger partial charge is 0.381 e. The number of carbonyl (C=O) groups is 1. The Bertz CT molecular complexity index is 579. The second-order valence-corrected chi connectivity index (χ2v) is 6.39. The molecule has 27 heavy (non-hydrogen) atoms. The third-order valence-corrected chi connectivity index (χ3v) is 4.21. The molecule has 1 rings (SSSR count). The van der Waals surface area contributed by atoms with E-state index in [4.69, 9.17) is 4.74 Å². The highest BCUT2D eigenvalue weighted by atomic mass is 19.4. The second kappa shape index (κ2) is 11.8. The number of hydrogen-bond donors (Lipinski definition) is 2. The number of rotatable bonds is 11. The van der Waals surface area contributed by atoms with Crippen LogP contribution in [0.25, 0.3) is 0 Å². The van der Waals surface area contributed by atoms with Gasteiger partial charge < -0.3 is 15.4 Å². The number of amides is 2. The molecule has 0 saturated heterocycles. The molecule has 0 aromatic heterocycles. The molecule has 0 spiro atoms. The lowest BCUT2D eigenvalue weighted by molar-refractivity contribution is -0.137. The summed E-state index contributed by atoms with van der Waals surface area (Å²) in [7, 11) is 0. The lowest BCUT2D eigenvalue weighted by Crippen LogP contribution is -2.31. The van der Waals surface area contributed by atoms with E-state index >= 15 is 0 Å². The maximum Gasteiger partial charge on any atom is 0.418 e. The van der Waals surface area contributed by atoms with Gasteiger partial charge in [0.1, 0.15) is 5.82 Å². The fourth-order valence-corrected chi connectivity index (χ4v) is 2.57. The molecule has 0 fully saturated rings. The molecule has 2 amide bonds. The molecule has 4 nitrogen and oxygen atoms in total. The molecule has 2 N–H and O–H groups in total. The molecule has 0 saturated carbocycles. The first-order valence-electron chi connectivity index (χ1n) is 9.27. The van der Waals surface area contributed by atoms with Crippen molar-refractivity contribution in [3.05, 3.63) is 29.6 Å². The number of urea groups is 1. The van der Waals surface area contributed by atoms with Gasteiger partial charge in [0, 0.05) is 19.8 Å². The van der Waals surface area contributed by atoms with Crippen LogP contribution in [-0.2, 0) is 10.9 Å². The van der Waals surface area contributed by atoms with Crippen LogP contribution in [0.5, 0.6) is 0 Å². The minimum Gasteiger partial charge on any atom is -0.381 e. The van der Waals surface area contributed by atoms with Crippen LogP contribution in [-0.4, -0.2) is 25.8 Å². The number of para-hydroxylation sites is 1. The SMILES string of the molecule is CCCCC(CC)COCCCNC(=O)Nc1c(F)cccc1C(F)(F)F. The van der Waals surface area contributed by atoms with Crippen molar-refractivity contribution in [1.82, 2.24) is 5.32 Å². The van der Waals surface area contributed by atoms with Crippen LogP contribution in [0, 0.1) is 11.7 Å². The average Bonchev–Trinajstić information content (AvgIpc) is 2.61. The van der Waals surface area contributed by atoms with Crippen molar-refractivity contribution in [3.8, 4) is 0 Å². The zero-order valence-corrected chi connectivity index (χ0v) is 15.8. The number of anilines is 1. The van der Waals surface area contributed by atoms with Crippen LogP contribution >= 0.6 is 0 Å². The van der Waals surface area contributed by atoms with E-state index in [0.717, 1.165) is 37.5 Å². The van der Waals surface area contributed by atoms with E-state index in [1.807, 2.05) is 5.32 Å². The summed E-state index contributed by atoms with van der Waals surface area (Å²) in [5, 5.41) is 4.35. The molecule has 1 atom stereocenters. The Kier molecular flexibility index (Phi) is 10.1. The highest BCUT2D eigenvalue weighted by Gasteiger charge is 2.35. The minimum atomic E-state index is -4.76. The lowest BCUT2D eigenvalue weighted by atomic mass is 10.0. The largest absolute Gasteiger partial charge is 0.418 e. The molecule has 1 aromatic carbocycles. The topological polar surface area (TPSA) is 50.4 Å². The van der Waals surface area contributed by atoms with Crippen LogP contribution < -0.4 is 10.6 Å². The van der Waals surface area contributed by atoms with Gasteiger partial charge in [-0.15, -0.1) is 0 Å². The standard InChI is InChI=1S/C19H28F4N2O2/c1-3-5-8-14(4-2)13-27-12-7-11-24-18(26)25-17-15(19(21,22)23)9-6-10-16(17)20/h6,9-10,14H,3-5,7-8,11-13H2,1-2H3,(H2,24,25,26). The molecule has 154 valence electrons. The Balaban J connectivity index is 2.35. The van der Waals surface area contributed by atoms with Crippen LogP contribution in [0.3, 0.4) is 0 Å². The van der Waals surface area contributed by atoms with Crippen LogP contribution in [0.2, 0.25) is 0 Å². The summed E-state index contributed by atoms with van der Waals surface area (Å²) in [6, 6.07) is 1.64. The van der Waals surface area contributed by atoms with E-state index in [9.17, 15) is 22.4 Å². The first-order valence-corrected chi connectivity index (χ1v) is 9.27. The van der Waals surface area contributed by atoms with Crippen molar-refractivity contribution in [1.29, 1.82) is 0 Å². The van der Waals surface area contributed by atoms with Gasteiger partial charge in [-0.25, -0.2) is 9.18 Å². The minimum absolute atomic E-state index is 0.216. The highest BCUT2D eigenvalue weighted by Crippen LogP contribution is 2.36. The monoisotopic (exact) mass is 392 g/mol. The van der Waals surface area contributed by atoms with Crippen LogP contribution in [0.4, 0.5) is 28.0 Å². The summed E-state index contributed by atoms with van der Waals surface area (Å²) in [6.07, 6.45) is 0.239. The Hall–Kier alpha value is -1.83. The fourth-order valence-electron chi connectivity index (χ4n) is 2.57. The number of nitrogens with one attached hydrogen (secondary N) is 2. The number of unbranched alkanes of at least 4 members (excludes halogenated alkanes) is 1. The quantitative estimate of drug-likeness (QED) is 0.381. The van der Waals surface area contributed by atoms with E-state index in [0.29, 0.717) is 25.6 Å². The fraction of sp³-hybridized carbons (Fsp3) is 0.632. The van der Waals surface area contributed by atoms with E-state index in [1.54, 1.807) is 0 Å². The first kappa shape index (κ1) is 23.2. The van der Waals surface area contributed by atoms with E-state index < -0.39 is 29.3 Å². The van der Waals surface area contributed by atoms with Gasteiger partial charge in [-0.2, -0.15) is 13.2 Å². The van der Waals surface area contributed by atoms with Gasteiger partial charge in [0.15, 0.2) is 0 Å². The lowest BCUT2D eigenvalue weighted by Gasteiger charge is -2.16. The summed E-state index contributed by atoms with van der Waals surface area (Å²) in [6.45, 7) is 5.58. The van der Waals surface area contributed by atoms with Crippen LogP contribution in [0.15, 0.2) is 18.2 Å². The van der Waals surface area contributed by atoms with Crippen molar-refractivity contribution < 1.29 is 27.1 Å². The maximum absolute atomic E-state index is 13.7. The third kappa shape index (κ3) is 8.60. The Labute approximate surface area is 157 Å². The number of alkyl halides is 3. The number of benzene rings is 1. The van der Waals surface area contributed by atoms with Crippen molar-refractivity contribution in [2.45, 2.75) is 52.1 Å². The molecule has 0 aliphatic heterocycles. The Morgan fingerprint density at radius 3 is 2.59 bits per heavy atom. The predicted octanol–water partition coefficient (Wildman–Crippen LogP) is 5.59. The number of carbonyl (C=O) groups excluding carboxylic acids is 1. The maximum atomic E-state index is 13.7. The molecule has 0 radical (unpaired) electrons. The molecule has 0 heterocycles. The van der Waals surface area contributed by atoms with Crippen molar-refractivity contribution in [3.63, 3.8) is 0 Å². The molecule has 0 bridgehead atoms. The average molecular weight is 392 g/mol. The molecular weight excluding hydrogens is 364 g/mol. The van der Waals surface area contributed by atoms with Gasteiger partial charge in [0.05, 0.1) is 11.3 Å². The molecule has 1 aromatic rings. The highest BCUT2D eigenvalue weighted by molar-refractivity contribution is 5.90. The van der Waals surface area contributed by atoms with E-state index in [1.165, 1.54) is 6.42 Å². The summed E-state index contributed by atoms with van der Waals surface area (Å²) in [5.74, 6) is -0.621. The second-order valence-electron chi connectivity index (χ2n) is 6.39. The molecule has 8 heteroatoms. The zero-order valence-electron chi connectivity index (χ0n) is 15.8. The van der Waals surface area contributed by atoms with Gasteiger partial charge in [-0.1, -0.05) is 39.2 Å². The Morgan fingerprint density at radius 2 is 1.96 bits per heavy atom. The predicted molar refractivity (Wildman–Crippen MR) is 97.2 cm³/mol. The van der Waals surface area contributed by atoms with Gasteiger partial charge >= 0.3 is 12.2 Å². The van der Waals surface area contributed by atoms with E-state index in [2.05, 4.69) is 19.2 Å². The number of hydrogen-bond acceptors (Lipinski definition) is 2. The van der Waals surface area contributed by atoms with Gasteiger partial charge in [-0.3, -0.25) is 0 Å². The summed E-state index contributed by atoms with van der Waals surface area (Å²) < 4.78 is 57.9. The van der Waals surface area contributed by atoms with Gasteiger partial charge in [0.2, 0.25) is 0 Å². The number of halogens is 4. The summed E-state index contributed by atoms with van der Waals surface area (Å²) in [5.41, 5.74) is -2.10. The van der Waals surface area contributed by atoms with Crippen molar-refractivity contribution in [2.24, 2.45) is 5.92 Å². The molecule has 1 unspecified atom stereocenters. The van der Waals surface area contributed by atoms with E-state index in [-0.39, 0.29) is 6.54 Å².